The summed E-state index contributed by atoms with van der Waals surface area (Å²) in [7, 11) is 5.35. The van der Waals surface area contributed by atoms with Crippen molar-refractivity contribution in [1.82, 2.24) is 4.90 Å². The van der Waals surface area contributed by atoms with Crippen molar-refractivity contribution in [1.29, 1.82) is 0 Å². The second-order valence-corrected chi connectivity index (χ2v) is 11.9. The van der Waals surface area contributed by atoms with Gasteiger partial charge in [-0.15, -0.1) is 0 Å². The van der Waals surface area contributed by atoms with Crippen LogP contribution < -0.4 is 9.47 Å². The zero-order valence-corrected chi connectivity index (χ0v) is 24.7. The van der Waals surface area contributed by atoms with Gasteiger partial charge >= 0.3 is 5.97 Å². The molecule has 1 aromatic rings. The number of piperidine rings is 1. The summed E-state index contributed by atoms with van der Waals surface area (Å²) in [5.74, 6) is 1.48. The van der Waals surface area contributed by atoms with Crippen LogP contribution in [-0.2, 0) is 26.2 Å². The maximum absolute atomic E-state index is 13.1. The number of benzene rings is 1. The van der Waals surface area contributed by atoms with Crippen molar-refractivity contribution in [3.05, 3.63) is 35.1 Å². The van der Waals surface area contributed by atoms with E-state index in [2.05, 4.69) is 24.9 Å². The summed E-state index contributed by atoms with van der Waals surface area (Å²) >= 11 is 0. The van der Waals surface area contributed by atoms with Crippen LogP contribution in [0.3, 0.4) is 0 Å². The normalized spacial score (nSPS) is 24.0. The molecule has 0 radical (unpaired) electrons. The molecule has 0 unspecified atom stereocenters. The Labute approximate surface area is 235 Å². The average molecular weight is 540 g/mol. The molecular weight excluding hydrogens is 490 g/mol. The fourth-order valence-corrected chi connectivity index (χ4v) is 7.21. The first-order valence-corrected chi connectivity index (χ1v) is 15.4. The number of ether oxygens (including phenoxy) is 3. The van der Waals surface area contributed by atoms with E-state index in [0.717, 1.165) is 43.4 Å². The van der Waals surface area contributed by atoms with Gasteiger partial charge in [0.2, 0.25) is 0 Å². The number of fused-ring (bicyclic) bond motifs is 1. The molecule has 0 amide bonds. The van der Waals surface area contributed by atoms with Gasteiger partial charge in [0.05, 0.1) is 14.2 Å². The summed E-state index contributed by atoms with van der Waals surface area (Å²) in [4.78, 5) is 28.6. The number of rotatable bonds is 15. The number of allylic oxidation sites excluding steroid dienone is 1. The number of carbonyl (C=O) groups is 2. The summed E-state index contributed by atoms with van der Waals surface area (Å²) in [6, 6.07) is 4.29. The molecule has 1 heterocycles. The minimum atomic E-state index is -0.412. The van der Waals surface area contributed by atoms with Crippen molar-refractivity contribution in [2.75, 3.05) is 27.8 Å². The van der Waals surface area contributed by atoms with Crippen molar-refractivity contribution in [3.63, 3.8) is 0 Å². The van der Waals surface area contributed by atoms with E-state index in [1.807, 2.05) is 12.1 Å². The molecule has 3 atom stereocenters. The zero-order valence-electron chi connectivity index (χ0n) is 24.7. The highest BCUT2D eigenvalue weighted by Crippen LogP contribution is 2.58. The topological polar surface area (TPSA) is 65.1 Å². The molecular formula is C33H49NO5. The molecule has 1 aromatic carbocycles. The predicted octanol–water partition coefficient (Wildman–Crippen LogP) is 6.92. The smallest absolute Gasteiger partial charge is 0.311 e. The predicted molar refractivity (Wildman–Crippen MR) is 154 cm³/mol. The number of nitrogens with zero attached hydrogens (tertiary/aromatic N) is 1. The molecule has 216 valence electrons. The summed E-state index contributed by atoms with van der Waals surface area (Å²) in [5, 5.41) is 0. The number of methoxy groups -OCH3 is 2. The van der Waals surface area contributed by atoms with Crippen LogP contribution in [0.1, 0.15) is 108 Å². The monoisotopic (exact) mass is 539 g/mol. The number of hydrogen-bond donors (Lipinski definition) is 0. The lowest BCUT2D eigenvalue weighted by Gasteiger charge is -2.56. The van der Waals surface area contributed by atoms with Crippen LogP contribution >= 0.6 is 0 Å². The van der Waals surface area contributed by atoms with E-state index in [-0.39, 0.29) is 23.7 Å². The largest absolute Gasteiger partial charge is 0.493 e. The number of ketones is 1. The molecule has 0 saturated carbocycles. The van der Waals surface area contributed by atoms with E-state index in [1.165, 1.54) is 57.8 Å². The molecule has 1 saturated heterocycles. The minimum absolute atomic E-state index is 0.0194. The van der Waals surface area contributed by atoms with E-state index in [0.29, 0.717) is 30.1 Å². The van der Waals surface area contributed by atoms with Gasteiger partial charge in [0, 0.05) is 35.8 Å². The van der Waals surface area contributed by atoms with Gasteiger partial charge in [-0.3, -0.25) is 9.59 Å². The van der Waals surface area contributed by atoms with Gasteiger partial charge < -0.3 is 19.1 Å². The quantitative estimate of drug-likeness (QED) is 0.137. The molecule has 0 spiro atoms. The molecule has 6 nitrogen and oxygen atoms in total. The molecule has 6 heteroatoms. The van der Waals surface area contributed by atoms with E-state index < -0.39 is 5.41 Å². The number of likely N-dealkylation sites (tertiary alicyclic amines) is 1. The van der Waals surface area contributed by atoms with Crippen molar-refractivity contribution in [3.8, 4) is 11.5 Å². The highest BCUT2D eigenvalue weighted by atomic mass is 16.6. The molecule has 0 aromatic heterocycles. The van der Waals surface area contributed by atoms with Crippen LogP contribution in [0, 0.1) is 5.92 Å². The van der Waals surface area contributed by atoms with Crippen LogP contribution in [0.25, 0.3) is 0 Å². The second-order valence-electron chi connectivity index (χ2n) is 11.9. The summed E-state index contributed by atoms with van der Waals surface area (Å²) in [6.45, 7) is 3.15. The average Bonchev–Trinajstić information content (AvgIpc) is 2.93. The first-order chi connectivity index (χ1) is 18.9. The van der Waals surface area contributed by atoms with Crippen LogP contribution in [0.4, 0.5) is 0 Å². The lowest BCUT2D eigenvalue weighted by atomic mass is 9.53. The molecule has 2 bridgehead atoms. The number of Topliss-reactive ketones (excluding diaryl/α,β-unsaturated/α-hetero) is 1. The summed E-state index contributed by atoms with van der Waals surface area (Å²) < 4.78 is 17.3. The number of likely N-dealkylation sites (N-methyl/N-ethyl adjacent to an activating group) is 1. The number of carbonyl (C=O) groups excluding carboxylic acids is 2. The maximum atomic E-state index is 13.1. The van der Waals surface area contributed by atoms with Gasteiger partial charge in [-0.1, -0.05) is 77.2 Å². The molecule has 1 aliphatic heterocycles. The van der Waals surface area contributed by atoms with Gasteiger partial charge in [0.15, 0.2) is 23.0 Å². The van der Waals surface area contributed by atoms with Crippen LogP contribution in [-0.4, -0.2) is 50.5 Å². The number of hydrogen-bond acceptors (Lipinski definition) is 6. The lowest BCUT2D eigenvalue weighted by molar-refractivity contribution is -0.134. The number of unbranched alkanes of at least 4 members (excludes halogenated alkanes) is 10. The van der Waals surface area contributed by atoms with Crippen LogP contribution in [0.15, 0.2) is 24.0 Å². The van der Waals surface area contributed by atoms with Crippen LogP contribution in [0.5, 0.6) is 11.5 Å². The molecule has 4 rings (SSSR count). The van der Waals surface area contributed by atoms with Gasteiger partial charge in [-0.05, 0) is 50.6 Å². The molecule has 0 N–H and O–H groups in total. The highest BCUT2D eigenvalue weighted by molar-refractivity contribution is 5.96. The Kier molecular flexibility index (Phi) is 10.5. The minimum Gasteiger partial charge on any atom is -0.493 e. The third-order valence-electron chi connectivity index (χ3n) is 9.39. The Balaban J connectivity index is 1.41. The second kappa shape index (κ2) is 13.8. The first-order valence-electron chi connectivity index (χ1n) is 15.4. The van der Waals surface area contributed by atoms with Gasteiger partial charge in [0.1, 0.15) is 0 Å². The first kappa shape index (κ1) is 29.6. The van der Waals surface area contributed by atoms with E-state index in [9.17, 15) is 9.59 Å². The van der Waals surface area contributed by atoms with E-state index in [1.54, 1.807) is 14.2 Å². The lowest BCUT2D eigenvalue weighted by Crippen LogP contribution is -2.60. The van der Waals surface area contributed by atoms with Gasteiger partial charge in [-0.2, -0.15) is 0 Å². The Morgan fingerprint density at radius 3 is 2.28 bits per heavy atom. The molecule has 39 heavy (non-hydrogen) atoms. The van der Waals surface area contributed by atoms with Crippen molar-refractivity contribution in [2.45, 2.75) is 115 Å². The van der Waals surface area contributed by atoms with Crippen LogP contribution in [0.2, 0.25) is 0 Å². The fourth-order valence-electron chi connectivity index (χ4n) is 7.21. The summed E-state index contributed by atoms with van der Waals surface area (Å²) in [5.41, 5.74) is 1.75. The highest BCUT2D eigenvalue weighted by Gasteiger charge is 2.56. The Bertz CT molecular complexity index is 1030. The third-order valence-corrected chi connectivity index (χ3v) is 9.39. The number of esters is 1. The Morgan fingerprint density at radius 2 is 1.64 bits per heavy atom. The Morgan fingerprint density at radius 1 is 0.974 bits per heavy atom. The molecule has 3 aliphatic rings. The van der Waals surface area contributed by atoms with Gasteiger partial charge in [-0.25, -0.2) is 0 Å². The van der Waals surface area contributed by atoms with Crippen molar-refractivity contribution >= 4 is 11.8 Å². The van der Waals surface area contributed by atoms with E-state index >= 15 is 0 Å². The third kappa shape index (κ3) is 6.53. The molecule has 2 aliphatic carbocycles. The van der Waals surface area contributed by atoms with Gasteiger partial charge in [0.25, 0.3) is 0 Å². The SMILES string of the molecule is CCCCCCCCCCCCCC(=O)Oc1c(OC)ccc2c1[C@@]13CCN(C)[C@@H](C2)[C@H]1C=C(OC)C(=O)C3. The standard InChI is InChI=1S/C33H49NO5/c1-5-6-7-8-9-10-11-12-13-14-15-16-30(36)39-32-28(37-3)18-17-24-21-26-25-22-29(38-4)27(35)23-33(25,31(24)32)19-20-34(26)2/h17-18,22,25-26H,5-16,19-21,23H2,1-4H3/t25-,26+,33-/m1/s1. The Hall–Kier alpha value is -2.34. The maximum Gasteiger partial charge on any atom is 0.311 e. The van der Waals surface area contributed by atoms with Crippen molar-refractivity contribution < 1.29 is 23.8 Å². The zero-order chi connectivity index (χ0) is 27.8. The van der Waals surface area contributed by atoms with E-state index in [4.69, 9.17) is 14.2 Å². The molecule has 1 fully saturated rings. The van der Waals surface area contributed by atoms with Crippen molar-refractivity contribution in [2.24, 2.45) is 5.92 Å². The summed E-state index contributed by atoms with van der Waals surface area (Å²) in [6.07, 6.45) is 18.1. The fraction of sp³-hybridized carbons (Fsp3) is 0.697.